The van der Waals surface area contributed by atoms with Crippen LogP contribution in [0.4, 0.5) is 5.69 Å². The summed E-state index contributed by atoms with van der Waals surface area (Å²) in [4.78, 5) is 14.4. The zero-order valence-electron chi connectivity index (χ0n) is 12.0. The number of nitrogens with two attached hydrogens (primary N) is 1. The molecule has 0 spiro atoms. The van der Waals surface area contributed by atoms with Gasteiger partial charge < -0.3 is 15.4 Å². The van der Waals surface area contributed by atoms with E-state index in [1.807, 2.05) is 48.5 Å². The van der Waals surface area contributed by atoms with Gasteiger partial charge in [0.15, 0.2) is 0 Å². The molecule has 1 aliphatic rings. The summed E-state index contributed by atoms with van der Waals surface area (Å²) < 4.78 is 5.13. The van der Waals surface area contributed by atoms with Crippen LogP contribution in [0, 0.1) is 0 Å². The van der Waals surface area contributed by atoms with Crippen LogP contribution in [0.25, 0.3) is 11.1 Å². The lowest BCUT2D eigenvalue weighted by atomic mass is 9.96. The Hall–Kier alpha value is -2.17. The first-order valence-corrected chi connectivity index (χ1v) is 6.98. The molecule has 21 heavy (non-hydrogen) atoms. The molecular weight excluding hydrogens is 264 g/mol. The first-order valence-electron chi connectivity index (χ1n) is 6.98. The van der Waals surface area contributed by atoms with Crippen LogP contribution in [-0.4, -0.2) is 26.2 Å². The molecule has 108 valence electrons. The predicted molar refractivity (Wildman–Crippen MR) is 83.0 cm³/mol. The molecule has 1 heterocycles. The van der Waals surface area contributed by atoms with Gasteiger partial charge >= 0.3 is 0 Å². The standard InChI is InChI=1S/C17H18N2O2/c1-21-11-10-19-15-9-5-4-7-13(15)12-6-2-3-8-14(12)16(18)17(19)20/h2-9,16H,10-11,18H2,1H3/t16-/m0/s1. The van der Waals surface area contributed by atoms with Gasteiger partial charge in [0.1, 0.15) is 6.04 Å². The number of para-hydroxylation sites is 1. The molecule has 4 heteroatoms. The smallest absolute Gasteiger partial charge is 0.248 e. The van der Waals surface area contributed by atoms with Crippen LogP contribution in [-0.2, 0) is 9.53 Å². The largest absolute Gasteiger partial charge is 0.383 e. The highest BCUT2D eigenvalue weighted by molar-refractivity contribution is 6.04. The van der Waals surface area contributed by atoms with E-state index in [0.29, 0.717) is 13.2 Å². The molecule has 1 amide bonds. The fourth-order valence-electron chi connectivity index (χ4n) is 2.78. The first kappa shape index (κ1) is 13.8. The van der Waals surface area contributed by atoms with Gasteiger partial charge in [0, 0.05) is 19.2 Å². The number of amides is 1. The van der Waals surface area contributed by atoms with E-state index < -0.39 is 6.04 Å². The molecule has 2 aromatic carbocycles. The topological polar surface area (TPSA) is 55.6 Å². The molecular formula is C17H18N2O2. The Morgan fingerprint density at radius 3 is 2.52 bits per heavy atom. The maximum Gasteiger partial charge on any atom is 0.248 e. The van der Waals surface area contributed by atoms with Crippen molar-refractivity contribution in [2.45, 2.75) is 6.04 Å². The molecule has 1 aliphatic heterocycles. The number of carbonyl (C=O) groups excluding carboxylic acids is 1. The normalized spacial score (nSPS) is 17.1. The Balaban J connectivity index is 2.19. The minimum Gasteiger partial charge on any atom is -0.383 e. The SMILES string of the molecule is COCCN1C(=O)[C@@H](N)c2ccccc2-c2ccccc21. The van der Waals surface area contributed by atoms with Crippen molar-refractivity contribution in [1.82, 2.24) is 0 Å². The molecule has 0 radical (unpaired) electrons. The highest BCUT2D eigenvalue weighted by Gasteiger charge is 2.31. The van der Waals surface area contributed by atoms with Crippen molar-refractivity contribution < 1.29 is 9.53 Å². The number of hydrogen-bond donors (Lipinski definition) is 1. The van der Waals surface area contributed by atoms with E-state index >= 15 is 0 Å². The number of carbonyl (C=O) groups is 1. The van der Waals surface area contributed by atoms with Gasteiger partial charge in [-0.3, -0.25) is 4.79 Å². The molecule has 4 nitrogen and oxygen atoms in total. The van der Waals surface area contributed by atoms with Gasteiger partial charge in [-0.2, -0.15) is 0 Å². The van der Waals surface area contributed by atoms with Crippen LogP contribution in [0.1, 0.15) is 11.6 Å². The van der Waals surface area contributed by atoms with Gasteiger partial charge in [-0.1, -0.05) is 42.5 Å². The van der Waals surface area contributed by atoms with Crippen LogP contribution in [0.15, 0.2) is 48.5 Å². The molecule has 0 bridgehead atoms. The third-order valence-corrected chi connectivity index (χ3v) is 3.83. The molecule has 1 atom stereocenters. The van der Waals surface area contributed by atoms with Crippen LogP contribution in [0.2, 0.25) is 0 Å². The highest BCUT2D eigenvalue weighted by atomic mass is 16.5. The molecule has 2 N–H and O–H groups in total. The Morgan fingerprint density at radius 2 is 1.76 bits per heavy atom. The van der Waals surface area contributed by atoms with E-state index in [4.69, 9.17) is 10.5 Å². The zero-order chi connectivity index (χ0) is 14.8. The van der Waals surface area contributed by atoms with Gasteiger partial charge in [-0.15, -0.1) is 0 Å². The van der Waals surface area contributed by atoms with E-state index in [-0.39, 0.29) is 5.91 Å². The Morgan fingerprint density at radius 1 is 1.10 bits per heavy atom. The van der Waals surface area contributed by atoms with Gasteiger partial charge in [0.05, 0.1) is 12.3 Å². The lowest BCUT2D eigenvalue weighted by Crippen LogP contribution is -2.39. The summed E-state index contributed by atoms with van der Waals surface area (Å²) in [6.45, 7) is 0.969. The van der Waals surface area contributed by atoms with Crippen LogP contribution < -0.4 is 10.6 Å². The van der Waals surface area contributed by atoms with Gasteiger partial charge in [0.2, 0.25) is 5.91 Å². The van der Waals surface area contributed by atoms with E-state index in [0.717, 1.165) is 22.4 Å². The summed E-state index contributed by atoms with van der Waals surface area (Å²) in [6, 6.07) is 15.1. The lowest BCUT2D eigenvalue weighted by molar-refractivity contribution is -0.120. The van der Waals surface area contributed by atoms with Crippen molar-refractivity contribution in [3.63, 3.8) is 0 Å². The second-order valence-corrected chi connectivity index (χ2v) is 5.06. The van der Waals surface area contributed by atoms with Crippen LogP contribution >= 0.6 is 0 Å². The zero-order valence-corrected chi connectivity index (χ0v) is 12.0. The highest BCUT2D eigenvalue weighted by Crippen LogP contribution is 2.39. The van der Waals surface area contributed by atoms with Crippen LogP contribution in [0.3, 0.4) is 0 Å². The summed E-state index contributed by atoms with van der Waals surface area (Å²) in [6.07, 6.45) is 0. The second-order valence-electron chi connectivity index (χ2n) is 5.06. The molecule has 0 aliphatic carbocycles. The average Bonchev–Trinajstić information content (AvgIpc) is 2.62. The second kappa shape index (κ2) is 5.68. The molecule has 0 saturated carbocycles. The number of fused-ring (bicyclic) bond motifs is 3. The summed E-state index contributed by atoms with van der Waals surface area (Å²) >= 11 is 0. The Bertz CT molecular complexity index is 669. The van der Waals surface area contributed by atoms with Crippen molar-refractivity contribution in [1.29, 1.82) is 0 Å². The number of anilines is 1. The molecule has 0 saturated heterocycles. The molecule has 3 rings (SSSR count). The summed E-state index contributed by atoms with van der Waals surface area (Å²) in [7, 11) is 1.63. The maximum atomic E-state index is 12.7. The van der Waals surface area contributed by atoms with Crippen molar-refractivity contribution >= 4 is 11.6 Å². The lowest BCUT2D eigenvalue weighted by Gasteiger charge is -2.24. The summed E-state index contributed by atoms with van der Waals surface area (Å²) in [5.74, 6) is -0.0931. The van der Waals surface area contributed by atoms with Crippen molar-refractivity contribution in [2.75, 3.05) is 25.2 Å². The van der Waals surface area contributed by atoms with Crippen molar-refractivity contribution in [2.24, 2.45) is 5.73 Å². The fraction of sp³-hybridized carbons (Fsp3) is 0.235. The van der Waals surface area contributed by atoms with Gasteiger partial charge in [-0.25, -0.2) is 0 Å². The Labute approximate surface area is 124 Å². The van der Waals surface area contributed by atoms with Gasteiger partial charge in [-0.05, 0) is 17.2 Å². The molecule has 0 fully saturated rings. The quantitative estimate of drug-likeness (QED) is 0.940. The van der Waals surface area contributed by atoms with Crippen LogP contribution in [0.5, 0.6) is 0 Å². The third kappa shape index (κ3) is 2.33. The molecule has 2 aromatic rings. The summed E-state index contributed by atoms with van der Waals surface area (Å²) in [5.41, 5.74) is 10.0. The van der Waals surface area contributed by atoms with E-state index in [1.54, 1.807) is 12.0 Å². The monoisotopic (exact) mass is 282 g/mol. The van der Waals surface area contributed by atoms with E-state index in [2.05, 4.69) is 0 Å². The number of methoxy groups -OCH3 is 1. The first-order chi connectivity index (χ1) is 10.2. The number of benzene rings is 2. The number of ether oxygens (including phenoxy) is 1. The molecule has 0 unspecified atom stereocenters. The Kier molecular flexibility index (Phi) is 3.73. The van der Waals surface area contributed by atoms with E-state index in [9.17, 15) is 4.79 Å². The number of rotatable bonds is 3. The van der Waals surface area contributed by atoms with Crippen molar-refractivity contribution in [3.05, 3.63) is 54.1 Å². The van der Waals surface area contributed by atoms with Crippen molar-refractivity contribution in [3.8, 4) is 11.1 Å². The number of nitrogens with zero attached hydrogens (tertiary/aromatic N) is 1. The third-order valence-electron chi connectivity index (χ3n) is 3.83. The molecule has 0 aromatic heterocycles. The minimum atomic E-state index is -0.648. The average molecular weight is 282 g/mol. The summed E-state index contributed by atoms with van der Waals surface area (Å²) in [5, 5.41) is 0. The number of hydrogen-bond acceptors (Lipinski definition) is 3. The van der Waals surface area contributed by atoms with E-state index in [1.165, 1.54) is 0 Å². The van der Waals surface area contributed by atoms with Gasteiger partial charge in [0.25, 0.3) is 0 Å². The fourth-order valence-corrected chi connectivity index (χ4v) is 2.78. The minimum absolute atomic E-state index is 0.0931. The predicted octanol–water partition coefficient (Wildman–Crippen LogP) is 2.35. The maximum absolute atomic E-state index is 12.7.